The van der Waals surface area contributed by atoms with E-state index in [0.717, 1.165) is 24.2 Å². The molecule has 34 heavy (non-hydrogen) atoms. The number of hydrogen-bond donors (Lipinski definition) is 0. The van der Waals surface area contributed by atoms with Gasteiger partial charge in [-0.25, -0.2) is 13.8 Å². The summed E-state index contributed by atoms with van der Waals surface area (Å²) in [6.45, 7) is 3.93. The zero-order valence-corrected chi connectivity index (χ0v) is 19.4. The van der Waals surface area contributed by atoms with Crippen molar-refractivity contribution in [1.29, 1.82) is 5.26 Å². The minimum absolute atomic E-state index is 0.0430. The molecule has 0 aliphatic carbocycles. The van der Waals surface area contributed by atoms with Crippen molar-refractivity contribution in [2.24, 2.45) is 0 Å². The lowest BCUT2D eigenvalue weighted by atomic mass is 10.0. The van der Waals surface area contributed by atoms with Gasteiger partial charge >= 0.3 is 6.01 Å². The fraction of sp³-hybridized carbons (Fsp3) is 0.348. The Hall–Kier alpha value is -3.65. The van der Waals surface area contributed by atoms with Crippen LogP contribution < -0.4 is 9.64 Å². The molecule has 4 heterocycles. The molecule has 1 aromatic carbocycles. The fourth-order valence-corrected chi connectivity index (χ4v) is 5.17. The second-order valence-electron chi connectivity index (χ2n) is 7.95. The molecule has 5 rings (SSSR count). The Morgan fingerprint density at radius 1 is 1.21 bits per heavy atom. The first-order chi connectivity index (χ1) is 16.5. The topological polar surface area (TPSA) is 91.1 Å². The van der Waals surface area contributed by atoms with Crippen molar-refractivity contribution in [3.63, 3.8) is 0 Å². The summed E-state index contributed by atoms with van der Waals surface area (Å²) in [6, 6.07) is 2.98. The number of hydrogen-bond acceptors (Lipinski definition) is 9. The van der Waals surface area contributed by atoms with Crippen molar-refractivity contribution in [2.45, 2.75) is 25.8 Å². The number of halogens is 2. The molecule has 0 unspecified atom stereocenters. The van der Waals surface area contributed by atoms with Crippen LogP contribution >= 0.6 is 11.3 Å². The molecule has 0 bridgehead atoms. The third-order valence-electron chi connectivity index (χ3n) is 6.19. The van der Waals surface area contributed by atoms with E-state index in [1.165, 1.54) is 24.8 Å². The van der Waals surface area contributed by atoms with Crippen molar-refractivity contribution in [2.75, 3.05) is 31.6 Å². The first-order valence-corrected chi connectivity index (χ1v) is 11.8. The Labute approximate surface area is 198 Å². The van der Waals surface area contributed by atoms with Gasteiger partial charge in [0.1, 0.15) is 22.8 Å². The van der Waals surface area contributed by atoms with Crippen molar-refractivity contribution in [3.05, 3.63) is 35.5 Å². The molecule has 8 nitrogen and oxygen atoms in total. The van der Waals surface area contributed by atoms with E-state index >= 15 is 4.39 Å². The highest BCUT2D eigenvalue weighted by molar-refractivity contribution is 7.16. The third-order valence-corrected chi connectivity index (χ3v) is 7.03. The van der Waals surface area contributed by atoms with E-state index in [2.05, 4.69) is 26.1 Å². The molecule has 0 N–H and O–H groups in total. The highest BCUT2D eigenvalue weighted by Gasteiger charge is 2.27. The summed E-state index contributed by atoms with van der Waals surface area (Å²) in [6.07, 6.45) is 5.35. The predicted molar refractivity (Wildman–Crippen MR) is 126 cm³/mol. The maximum atomic E-state index is 15.8. The zero-order valence-electron chi connectivity index (χ0n) is 18.6. The molecule has 4 aromatic rings. The van der Waals surface area contributed by atoms with Gasteiger partial charge in [0.15, 0.2) is 12.0 Å². The van der Waals surface area contributed by atoms with Gasteiger partial charge in [-0.05, 0) is 31.9 Å². The van der Waals surface area contributed by atoms with Crippen molar-refractivity contribution in [3.8, 4) is 23.5 Å². The van der Waals surface area contributed by atoms with Gasteiger partial charge in [0.2, 0.25) is 0 Å². The van der Waals surface area contributed by atoms with Crippen molar-refractivity contribution < 1.29 is 13.5 Å². The molecule has 0 spiro atoms. The lowest BCUT2D eigenvalue weighted by Gasteiger charge is -2.36. The summed E-state index contributed by atoms with van der Waals surface area (Å²) < 4.78 is 35.6. The van der Waals surface area contributed by atoms with Crippen LogP contribution in [0.5, 0.6) is 6.01 Å². The maximum absolute atomic E-state index is 15.8. The smallest absolute Gasteiger partial charge is 0.318 e. The molecule has 11 heteroatoms. The molecule has 0 saturated carbocycles. The number of methoxy groups -OCH3 is 1. The van der Waals surface area contributed by atoms with Crippen LogP contribution in [0.4, 0.5) is 14.6 Å². The second-order valence-corrected chi connectivity index (χ2v) is 8.80. The van der Waals surface area contributed by atoms with Crippen molar-refractivity contribution in [1.82, 2.24) is 24.8 Å². The molecule has 174 valence electrons. The molecule has 1 aliphatic heterocycles. The average Bonchev–Trinajstić information content (AvgIpc) is 3.37. The molecule has 1 fully saturated rings. The molecule has 1 saturated heterocycles. The van der Waals surface area contributed by atoms with Gasteiger partial charge in [-0.3, -0.25) is 4.98 Å². The number of benzene rings is 1. The van der Waals surface area contributed by atoms with Gasteiger partial charge in [-0.1, -0.05) is 0 Å². The summed E-state index contributed by atoms with van der Waals surface area (Å²) in [5.74, 6) is -0.511. The Balaban J connectivity index is 1.58. The second kappa shape index (κ2) is 8.95. The average molecular weight is 482 g/mol. The Morgan fingerprint density at radius 3 is 2.71 bits per heavy atom. The van der Waals surface area contributed by atoms with Gasteiger partial charge in [0, 0.05) is 37.4 Å². The van der Waals surface area contributed by atoms with E-state index in [1.54, 1.807) is 11.1 Å². The van der Waals surface area contributed by atoms with Crippen LogP contribution in [0.3, 0.4) is 0 Å². The van der Waals surface area contributed by atoms with Crippen LogP contribution in [0.25, 0.3) is 32.4 Å². The van der Waals surface area contributed by atoms with Crippen LogP contribution in [-0.4, -0.2) is 57.6 Å². The number of piperidine rings is 1. The van der Waals surface area contributed by atoms with E-state index < -0.39 is 11.6 Å². The summed E-state index contributed by atoms with van der Waals surface area (Å²) in [7, 11) is 1.43. The summed E-state index contributed by atoms with van der Waals surface area (Å²) >= 11 is 1.15. The summed E-state index contributed by atoms with van der Waals surface area (Å²) in [5, 5.41) is 9.80. The fourth-order valence-electron chi connectivity index (χ4n) is 4.45. The highest BCUT2D eigenvalue weighted by Crippen LogP contribution is 2.36. The van der Waals surface area contributed by atoms with Gasteiger partial charge < -0.3 is 14.5 Å². The van der Waals surface area contributed by atoms with Gasteiger partial charge in [-0.15, -0.1) is 11.3 Å². The quantitative estimate of drug-likeness (QED) is 0.307. The minimum Gasteiger partial charge on any atom is -0.467 e. The molecule has 0 atom stereocenters. The number of pyridine rings is 1. The highest BCUT2D eigenvalue weighted by atomic mass is 32.1. The Kier molecular flexibility index (Phi) is 5.83. The zero-order chi connectivity index (χ0) is 23.8. The normalized spacial score (nSPS) is 14.5. The summed E-state index contributed by atoms with van der Waals surface area (Å²) in [4.78, 5) is 21.2. The number of ether oxygens (including phenoxy) is 1. The van der Waals surface area contributed by atoms with Crippen LogP contribution in [0.2, 0.25) is 0 Å². The predicted octanol–water partition coefficient (Wildman–Crippen LogP) is 4.36. The van der Waals surface area contributed by atoms with Crippen LogP contribution in [0, 0.1) is 23.1 Å². The van der Waals surface area contributed by atoms with Gasteiger partial charge in [0.25, 0.3) is 0 Å². The Morgan fingerprint density at radius 2 is 2.00 bits per heavy atom. The largest absolute Gasteiger partial charge is 0.467 e. The number of aromatic nitrogens is 4. The van der Waals surface area contributed by atoms with Crippen LogP contribution in [0.1, 0.15) is 19.8 Å². The molecule has 3 aromatic heterocycles. The van der Waals surface area contributed by atoms with Crippen molar-refractivity contribution >= 4 is 38.3 Å². The molecule has 0 radical (unpaired) electrons. The molecular weight excluding hydrogens is 460 g/mol. The number of nitriles is 1. The number of nitrogens with zero attached hydrogens (tertiary/aromatic N) is 7. The van der Waals surface area contributed by atoms with E-state index in [1.807, 2.05) is 11.8 Å². The van der Waals surface area contributed by atoms with Crippen LogP contribution in [-0.2, 0) is 0 Å². The van der Waals surface area contributed by atoms with Crippen LogP contribution in [0.15, 0.2) is 23.8 Å². The molecule has 0 amide bonds. The number of thiazole rings is 1. The number of rotatable bonds is 5. The lowest BCUT2D eigenvalue weighted by Crippen LogP contribution is -2.43. The van der Waals surface area contributed by atoms with E-state index in [9.17, 15) is 9.65 Å². The van der Waals surface area contributed by atoms with Gasteiger partial charge in [0.05, 0.1) is 28.2 Å². The van der Waals surface area contributed by atoms with E-state index in [0.29, 0.717) is 46.6 Å². The third kappa shape index (κ3) is 3.64. The minimum atomic E-state index is -0.642. The number of anilines is 1. The SMILES string of the molecule is CCN(C#N)C1CCN(c2nc(OC)nc3c(F)c(-c4ccc(F)c5scnc45)ncc23)CC1. The van der Waals surface area contributed by atoms with E-state index in [-0.39, 0.29) is 23.3 Å². The molecule has 1 aliphatic rings. The molecular formula is C23H21F2N7OS. The summed E-state index contributed by atoms with van der Waals surface area (Å²) in [5.41, 5.74) is 2.40. The van der Waals surface area contributed by atoms with Gasteiger partial charge in [-0.2, -0.15) is 15.2 Å². The van der Waals surface area contributed by atoms with E-state index in [4.69, 9.17) is 4.74 Å². The Bertz CT molecular complexity index is 1410. The maximum Gasteiger partial charge on any atom is 0.318 e. The standard InChI is InChI=1S/C23H21F2N7OS/c1-3-31(11-26)13-6-8-32(9-7-13)22-15-10-27-18(17(25)19(15)29-23(30-22)33-2)14-4-5-16(24)21-20(14)28-12-34-21/h4-5,10,12-13H,3,6-9H2,1-2H3. The first-order valence-electron chi connectivity index (χ1n) is 10.9. The number of fused-ring (bicyclic) bond motifs is 2. The monoisotopic (exact) mass is 481 g/mol. The first kappa shape index (κ1) is 22.2. The lowest BCUT2D eigenvalue weighted by molar-refractivity contribution is 0.257.